The number of esters is 4. The van der Waals surface area contributed by atoms with Crippen LogP contribution in [-0.4, -0.2) is 43.1 Å². The highest BCUT2D eigenvalue weighted by Gasteiger charge is 2.37. The Kier molecular flexibility index (Phi) is 12.4. The standard InChI is InChI=1S/C29H45NO8/c1-9-12-13-23(31)36-17-16-29(30,26(34)35-8)19-20-14-15-21(37-24(32)27(4,5)10-2)22(18-20)38-25(33)28(6,7)11-3/h14-15,18H,9-13,16-17,19,30H2,1-8H3/t29-/m1/s1. The highest BCUT2D eigenvalue weighted by atomic mass is 16.6. The number of rotatable bonds is 15. The monoisotopic (exact) mass is 535 g/mol. The predicted molar refractivity (Wildman–Crippen MR) is 144 cm³/mol. The largest absolute Gasteiger partial charge is 0.468 e. The van der Waals surface area contributed by atoms with Gasteiger partial charge in [-0.15, -0.1) is 0 Å². The molecule has 0 radical (unpaired) electrons. The first kappa shape index (κ1) is 33.1. The van der Waals surface area contributed by atoms with Crippen LogP contribution in [0.15, 0.2) is 18.2 Å². The van der Waals surface area contributed by atoms with Gasteiger partial charge < -0.3 is 24.7 Å². The Labute approximate surface area is 226 Å². The van der Waals surface area contributed by atoms with Crippen molar-refractivity contribution in [3.8, 4) is 11.5 Å². The molecule has 2 N–H and O–H groups in total. The van der Waals surface area contributed by atoms with E-state index < -0.39 is 34.3 Å². The summed E-state index contributed by atoms with van der Waals surface area (Å²) in [6.07, 6.45) is 2.99. The summed E-state index contributed by atoms with van der Waals surface area (Å²) in [6, 6.07) is 4.69. The number of benzene rings is 1. The molecule has 0 amide bonds. The average molecular weight is 536 g/mol. The van der Waals surface area contributed by atoms with Crippen LogP contribution in [0.5, 0.6) is 11.5 Å². The summed E-state index contributed by atoms with van der Waals surface area (Å²) in [6.45, 7) is 12.7. The van der Waals surface area contributed by atoms with E-state index in [1.807, 2.05) is 20.8 Å². The summed E-state index contributed by atoms with van der Waals surface area (Å²) in [5.74, 6) is -1.85. The van der Waals surface area contributed by atoms with Crippen molar-refractivity contribution < 1.29 is 38.1 Å². The van der Waals surface area contributed by atoms with Crippen molar-refractivity contribution in [2.24, 2.45) is 16.6 Å². The molecular weight excluding hydrogens is 490 g/mol. The quantitative estimate of drug-likeness (QED) is 0.246. The number of carbonyl (C=O) groups excluding carboxylic acids is 4. The van der Waals surface area contributed by atoms with Gasteiger partial charge in [-0.1, -0.05) is 33.3 Å². The third-order valence-corrected chi connectivity index (χ3v) is 6.94. The van der Waals surface area contributed by atoms with Crippen molar-refractivity contribution in [1.82, 2.24) is 0 Å². The number of hydrogen-bond donors (Lipinski definition) is 1. The van der Waals surface area contributed by atoms with Crippen molar-refractivity contribution >= 4 is 23.9 Å². The fourth-order valence-corrected chi connectivity index (χ4v) is 3.16. The van der Waals surface area contributed by atoms with Crippen molar-refractivity contribution in [3.63, 3.8) is 0 Å². The van der Waals surface area contributed by atoms with Crippen molar-refractivity contribution in [3.05, 3.63) is 23.8 Å². The number of nitrogens with two attached hydrogens (primary N) is 1. The van der Waals surface area contributed by atoms with Crippen LogP contribution in [0.1, 0.15) is 92.6 Å². The first-order valence-corrected chi connectivity index (χ1v) is 13.3. The predicted octanol–water partition coefficient (Wildman–Crippen LogP) is 4.91. The molecule has 0 unspecified atom stereocenters. The zero-order valence-corrected chi connectivity index (χ0v) is 24.2. The SMILES string of the molecule is CCCCC(=O)OCC[C@@](N)(Cc1ccc(OC(=O)C(C)(C)CC)c(OC(=O)C(C)(C)CC)c1)C(=O)OC. The van der Waals surface area contributed by atoms with Crippen LogP contribution in [0.3, 0.4) is 0 Å². The van der Waals surface area contributed by atoms with Gasteiger partial charge >= 0.3 is 23.9 Å². The maximum absolute atomic E-state index is 12.9. The van der Waals surface area contributed by atoms with Gasteiger partial charge in [0.15, 0.2) is 11.5 Å². The van der Waals surface area contributed by atoms with Gasteiger partial charge in [-0.3, -0.25) is 19.2 Å². The fourth-order valence-electron chi connectivity index (χ4n) is 3.16. The Balaban J connectivity index is 3.29. The van der Waals surface area contributed by atoms with Crippen LogP contribution in [0.4, 0.5) is 0 Å². The maximum atomic E-state index is 12.9. The molecule has 1 atom stereocenters. The molecule has 0 aromatic heterocycles. The second kappa shape index (κ2) is 14.3. The summed E-state index contributed by atoms with van der Waals surface area (Å²) < 4.78 is 21.5. The van der Waals surface area contributed by atoms with Crippen LogP contribution < -0.4 is 15.2 Å². The molecule has 214 valence electrons. The van der Waals surface area contributed by atoms with Gasteiger partial charge in [0.25, 0.3) is 0 Å². The normalized spacial score (nSPS) is 13.3. The van der Waals surface area contributed by atoms with E-state index in [1.165, 1.54) is 19.2 Å². The lowest BCUT2D eigenvalue weighted by Crippen LogP contribution is -2.51. The Hall–Kier alpha value is -2.94. The lowest BCUT2D eigenvalue weighted by Gasteiger charge is -2.27. The summed E-state index contributed by atoms with van der Waals surface area (Å²) in [4.78, 5) is 50.1. The molecule has 0 bridgehead atoms. The summed E-state index contributed by atoms with van der Waals surface area (Å²) in [7, 11) is 1.23. The highest BCUT2D eigenvalue weighted by Crippen LogP contribution is 2.35. The van der Waals surface area contributed by atoms with Gasteiger partial charge in [-0.05, 0) is 64.7 Å². The minimum atomic E-state index is -1.51. The minimum Gasteiger partial charge on any atom is -0.468 e. The average Bonchev–Trinajstić information content (AvgIpc) is 2.87. The summed E-state index contributed by atoms with van der Waals surface area (Å²) in [5.41, 5.74) is 3.97. The summed E-state index contributed by atoms with van der Waals surface area (Å²) >= 11 is 0. The number of methoxy groups -OCH3 is 1. The number of carbonyl (C=O) groups is 4. The van der Waals surface area contributed by atoms with Crippen molar-refractivity contribution in [2.75, 3.05) is 13.7 Å². The highest BCUT2D eigenvalue weighted by molar-refractivity contribution is 5.82. The molecule has 0 spiro atoms. The van der Waals surface area contributed by atoms with E-state index in [-0.39, 0.29) is 36.9 Å². The minimum absolute atomic E-state index is 0.00256. The lowest BCUT2D eigenvalue weighted by atomic mass is 9.88. The third kappa shape index (κ3) is 9.42. The first-order valence-electron chi connectivity index (χ1n) is 13.3. The molecule has 38 heavy (non-hydrogen) atoms. The molecule has 0 heterocycles. The lowest BCUT2D eigenvalue weighted by molar-refractivity contribution is -0.151. The number of hydrogen-bond acceptors (Lipinski definition) is 9. The molecule has 0 saturated heterocycles. The van der Waals surface area contributed by atoms with Crippen LogP contribution in [0, 0.1) is 10.8 Å². The number of unbranched alkanes of at least 4 members (excludes halogenated alkanes) is 1. The van der Waals surface area contributed by atoms with Crippen LogP contribution in [0.25, 0.3) is 0 Å². The first-order chi connectivity index (χ1) is 17.7. The van der Waals surface area contributed by atoms with Gasteiger partial charge in [0.2, 0.25) is 0 Å². The van der Waals surface area contributed by atoms with Gasteiger partial charge in [0, 0.05) is 19.3 Å². The molecule has 1 aromatic carbocycles. The summed E-state index contributed by atoms with van der Waals surface area (Å²) in [5, 5.41) is 0. The number of ether oxygens (including phenoxy) is 4. The molecule has 0 fully saturated rings. The van der Waals surface area contributed by atoms with Gasteiger partial charge in [-0.2, -0.15) is 0 Å². The maximum Gasteiger partial charge on any atom is 0.326 e. The Morgan fingerprint density at radius 2 is 1.39 bits per heavy atom. The zero-order chi connectivity index (χ0) is 29.1. The van der Waals surface area contributed by atoms with Crippen LogP contribution >= 0.6 is 0 Å². The molecule has 1 aromatic rings. The van der Waals surface area contributed by atoms with Crippen molar-refractivity contribution in [2.45, 2.75) is 99.0 Å². The molecule has 0 saturated carbocycles. The molecule has 0 aliphatic heterocycles. The fraction of sp³-hybridized carbons (Fsp3) is 0.655. The second-order valence-corrected chi connectivity index (χ2v) is 10.9. The molecule has 0 aliphatic carbocycles. The van der Waals surface area contributed by atoms with E-state index in [0.29, 0.717) is 31.2 Å². The molecule has 9 heteroatoms. The smallest absolute Gasteiger partial charge is 0.326 e. The van der Waals surface area contributed by atoms with Crippen molar-refractivity contribution in [1.29, 1.82) is 0 Å². The van der Waals surface area contributed by atoms with Gasteiger partial charge in [-0.25, -0.2) is 0 Å². The molecule has 0 aliphatic rings. The van der Waals surface area contributed by atoms with E-state index in [9.17, 15) is 19.2 Å². The van der Waals surface area contributed by atoms with E-state index in [0.717, 1.165) is 6.42 Å². The molecule has 9 nitrogen and oxygen atoms in total. The Morgan fingerprint density at radius 1 is 0.842 bits per heavy atom. The third-order valence-electron chi connectivity index (χ3n) is 6.94. The van der Waals surface area contributed by atoms with E-state index in [4.69, 9.17) is 24.7 Å². The molecule has 1 rings (SSSR count). The topological polar surface area (TPSA) is 131 Å². The Bertz CT molecular complexity index is 985. The zero-order valence-electron chi connectivity index (χ0n) is 24.2. The van der Waals surface area contributed by atoms with Gasteiger partial charge in [0.1, 0.15) is 5.54 Å². The van der Waals surface area contributed by atoms with E-state index in [1.54, 1.807) is 33.8 Å². The van der Waals surface area contributed by atoms with E-state index >= 15 is 0 Å². The van der Waals surface area contributed by atoms with Crippen LogP contribution in [0.2, 0.25) is 0 Å². The molecular formula is C29H45NO8. The van der Waals surface area contributed by atoms with Gasteiger partial charge in [0.05, 0.1) is 24.5 Å². The van der Waals surface area contributed by atoms with E-state index in [2.05, 4.69) is 0 Å². The Morgan fingerprint density at radius 3 is 1.89 bits per heavy atom. The van der Waals surface area contributed by atoms with Crippen LogP contribution in [-0.2, 0) is 35.1 Å². The second-order valence-electron chi connectivity index (χ2n) is 10.9.